The van der Waals surface area contributed by atoms with Crippen molar-refractivity contribution in [2.75, 3.05) is 10.6 Å². The Bertz CT molecular complexity index is 1230. The molecule has 0 saturated carbocycles. The number of aromatic nitrogens is 4. The van der Waals surface area contributed by atoms with Gasteiger partial charge in [-0.3, -0.25) is 9.36 Å². The summed E-state index contributed by atoms with van der Waals surface area (Å²) in [6.45, 7) is 5.07. The van der Waals surface area contributed by atoms with E-state index in [4.69, 9.17) is 23.8 Å². The topological polar surface area (TPSA) is 59.7 Å². The molecule has 0 aliphatic carbocycles. The Morgan fingerprint density at radius 2 is 1.66 bits per heavy atom. The first-order chi connectivity index (χ1) is 15.4. The van der Waals surface area contributed by atoms with Gasteiger partial charge in [0.15, 0.2) is 5.11 Å². The Morgan fingerprint density at radius 3 is 2.38 bits per heavy atom. The molecule has 0 unspecified atom stereocenters. The highest BCUT2D eigenvalue weighted by Crippen LogP contribution is 2.21. The third-order valence-corrected chi connectivity index (χ3v) is 5.47. The summed E-state index contributed by atoms with van der Waals surface area (Å²) >= 11 is 11.4. The zero-order valence-electron chi connectivity index (χ0n) is 17.6. The Labute approximate surface area is 196 Å². The van der Waals surface area contributed by atoms with Crippen molar-refractivity contribution in [2.24, 2.45) is 0 Å². The average molecular weight is 469 g/mol. The maximum absolute atomic E-state index is 13.2. The van der Waals surface area contributed by atoms with Gasteiger partial charge in [0, 0.05) is 11.2 Å². The summed E-state index contributed by atoms with van der Waals surface area (Å²) in [6, 6.07) is 14.1. The lowest BCUT2D eigenvalue weighted by molar-refractivity contribution is 0.622. The van der Waals surface area contributed by atoms with Gasteiger partial charge in [0.25, 0.3) is 0 Å². The summed E-state index contributed by atoms with van der Waals surface area (Å²) in [5, 5.41) is 16.5. The first-order valence-electron chi connectivity index (χ1n) is 10.0. The highest BCUT2D eigenvalue weighted by atomic mass is 35.5. The van der Waals surface area contributed by atoms with Crippen LogP contribution in [0.1, 0.15) is 22.5 Å². The van der Waals surface area contributed by atoms with Crippen LogP contribution >= 0.6 is 23.8 Å². The van der Waals surface area contributed by atoms with E-state index in [0.29, 0.717) is 23.2 Å². The maximum Gasteiger partial charge on any atom is 0.175 e. The van der Waals surface area contributed by atoms with Gasteiger partial charge >= 0.3 is 0 Å². The van der Waals surface area contributed by atoms with Crippen LogP contribution in [0.4, 0.5) is 15.8 Å². The fraction of sp³-hybridized carbons (Fsp3) is 0.174. The average Bonchev–Trinajstić information content (AvgIpc) is 3.30. The van der Waals surface area contributed by atoms with Gasteiger partial charge in [-0.05, 0) is 61.5 Å². The summed E-state index contributed by atoms with van der Waals surface area (Å²) in [4.78, 5) is 0. The smallest absolute Gasteiger partial charge is 0.175 e. The molecule has 164 valence electrons. The second-order valence-corrected chi connectivity index (χ2v) is 8.31. The second-order valence-electron chi connectivity index (χ2n) is 7.46. The van der Waals surface area contributed by atoms with Gasteiger partial charge in [-0.25, -0.2) is 4.39 Å². The summed E-state index contributed by atoms with van der Waals surface area (Å²) in [5.74, 6) is -0.252. The fourth-order valence-electron chi connectivity index (χ4n) is 3.36. The van der Waals surface area contributed by atoms with Crippen LogP contribution in [0, 0.1) is 19.7 Å². The molecular formula is C23H22ClFN6S. The number of rotatable bonds is 6. The maximum atomic E-state index is 13.2. The van der Waals surface area contributed by atoms with Crippen LogP contribution in [-0.2, 0) is 13.1 Å². The molecule has 6 nitrogen and oxygen atoms in total. The number of aryl methyl sites for hydroxylation is 1. The summed E-state index contributed by atoms with van der Waals surface area (Å²) < 4.78 is 16.9. The van der Waals surface area contributed by atoms with Crippen molar-refractivity contribution in [1.29, 1.82) is 0 Å². The number of hydrogen-bond donors (Lipinski definition) is 2. The third kappa shape index (κ3) is 5.33. The Balaban J connectivity index is 1.39. The first-order valence-corrected chi connectivity index (χ1v) is 10.8. The predicted octanol–water partition coefficient (Wildman–Crippen LogP) is 5.39. The lowest BCUT2D eigenvalue weighted by Crippen LogP contribution is -2.19. The van der Waals surface area contributed by atoms with Crippen LogP contribution < -0.4 is 10.6 Å². The Kier molecular flexibility index (Phi) is 6.53. The molecule has 2 aromatic carbocycles. The van der Waals surface area contributed by atoms with Gasteiger partial charge in [-0.2, -0.15) is 10.2 Å². The molecule has 0 spiro atoms. The van der Waals surface area contributed by atoms with Crippen molar-refractivity contribution >= 4 is 40.3 Å². The minimum atomic E-state index is -0.252. The number of hydrogen-bond acceptors (Lipinski definition) is 3. The van der Waals surface area contributed by atoms with E-state index >= 15 is 0 Å². The molecule has 2 N–H and O–H groups in total. The molecule has 0 aliphatic rings. The molecule has 2 heterocycles. The van der Waals surface area contributed by atoms with E-state index in [1.807, 2.05) is 53.7 Å². The van der Waals surface area contributed by atoms with Gasteiger partial charge in [-0.1, -0.05) is 35.9 Å². The van der Waals surface area contributed by atoms with Crippen LogP contribution in [0.25, 0.3) is 0 Å². The van der Waals surface area contributed by atoms with Gasteiger partial charge < -0.3 is 10.6 Å². The van der Waals surface area contributed by atoms with E-state index in [9.17, 15) is 4.39 Å². The third-order valence-electron chi connectivity index (χ3n) is 5.01. The van der Waals surface area contributed by atoms with Gasteiger partial charge in [-0.15, -0.1) is 0 Å². The highest BCUT2D eigenvalue weighted by molar-refractivity contribution is 7.80. The van der Waals surface area contributed by atoms with E-state index in [1.165, 1.54) is 12.1 Å². The van der Waals surface area contributed by atoms with Crippen LogP contribution in [0.5, 0.6) is 0 Å². The van der Waals surface area contributed by atoms with Gasteiger partial charge in [0.1, 0.15) is 5.82 Å². The predicted molar refractivity (Wildman–Crippen MR) is 130 cm³/mol. The molecule has 0 fully saturated rings. The molecule has 0 amide bonds. The standard InChI is InChI=1S/C23H22ClFN6S/c1-15-22(16(2)31(29-15)13-18-5-9-20(25)10-6-18)28-23(32)27-21-11-26-30(14-21)12-17-3-7-19(24)8-4-17/h3-11,14H,12-13H2,1-2H3,(H2,27,28,32). The molecule has 2 aromatic heterocycles. The molecule has 0 bridgehead atoms. The highest BCUT2D eigenvalue weighted by Gasteiger charge is 2.13. The number of nitrogens with one attached hydrogen (secondary N) is 2. The zero-order valence-corrected chi connectivity index (χ0v) is 19.2. The monoisotopic (exact) mass is 468 g/mol. The lowest BCUT2D eigenvalue weighted by atomic mass is 10.2. The SMILES string of the molecule is Cc1nn(Cc2ccc(F)cc2)c(C)c1NC(=S)Nc1cnn(Cc2ccc(Cl)cc2)c1. The molecule has 0 radical (unpaired) electrons. The molecule has 0 atom stereocenters. The van der Waals surface area contributed by atoms with Crippen LogP contribution in [0.2, 0.25) is 5.02 Å². The number of anilines is 2. The van der Waals surface area contributed by atoms with Gasteiger partial charge in [0.2, 0.25) is 0 Å². The van der Waals surface area contributed by atoms with E-state index < -0.39 is 0 Å². The summed E-state index contributed by atoms with van der Waals surface area (Å²) in [7, 11) is 0. The van der Waals surface area contributed by atoms with Crippen LogP contribution in [0.3, 0.4) is 0 Å². The van der Waals surface area contributed by atoms with Crippen molar-refractivity contribution in [3.8, 4) is 0 Å². The Morgan fingerprint density at radius 1 is 1.00 bits per heavy atom. The quantitative estimate of drug-likeness (QED) is 0.371. The van der Waals surface area contributed by atoms with E-state index in [0.717, 1.165) is 33.9 Å². The van der Waals surface area contributed by atoms with Crippen molar-refractivity contribution < 1.29 is 4.39 Å². The largest absolute Gasteiger partial charge is 0.330 e. The van der Waals surface area contributed by atoms with E-state index in [2.05, 4.69) is 20.8 Å². The Hall–Kier alpha value is -3.23. The minimum absolute atomic E-state index is 0.252. The summed E-state index contributed by atoms with van der Waals surface area (Å²) in [6.07, 6.45) is 3.61. The van der Waals surface area contributed by atoms with Crippen molar-refractivity contribution in [2.45, 2.75) is 26.9 Å². The number of halogens is 2. The van der Waals surface area contributed by atoms with Crippen molar-refractivity contribution in [3.05, 3.63) is 94.3 Å². The lowest BCUT2D eigenvalue weighted by Gasteiger charge is -2.10. The second kappa shape index (κ2) is 9.50. The molecule has 4 rings (SSSR count). The first kappa shape index (κ1) is 22.0. The van der Waals surface area contributed by atoms with E-state index in [1.54, 1.807) is 18.3 Å². The zero-order chi connectivity index (χ0) is 22.7. The molecule has 9 heteroatoms. The van der Waals surface area contributed by atoms with Crippen molar-refractivity contribution in [3.63, 3.8) is 0 Å². The van der Waals surface area contributed by atoms with Crippen LogP contribution in [0.15, 0.2) is 60.9 Å². The van der Waals surface area contributed by atoms with Crippen LogP contribution in [-0.4, -0.2) is 24.7 Å². The van der Waals surface area contributed by atoms with Crippen molar-refractivity contribution in [1.82, 2.24) is 19.6 Å². The molecule has 0 aliphatic heterocycles. The van der Waals surface area contributed by atoms with Gasteiger partial charge in [0.05, 0.1) is 42.0 Å². The number of nitrogens with zero attached hydrogens (tertiary/aromatic N) is 4. The number of thiocarbonyl (C=S) groups is 1. The van der Waals surface area contributed by atoms with E-state index in [-0.39, 0.29) is 5.82 Å². The fourth-order valence-corrected chi connectivity index (χ4v) is 3.71. The minimum Gasteiger partial charge on any atom is -0.330 e. The molecular weight excluding hydrogens is 447 g/mol. The molecule has 32 heavy (non-hydrogen) atoms. The summed E-state index contributed by atoms with van der Waals surface area (Å²) in [5.41, 5.74) is 5.46. The molecule has 4 aromatic rings. The number of benzene rings is 2. The normalized spacial score (nSPS) is 10.9. The molecule has 0 saturated heterocycles.